The maximum atomic E-state index is 13.6. The Morgan fingerprint density at radius 2 is 2.29 bits per heavy atom. The van der Waals surface area contributed by atoms with Crippen molar-refractivity contribution in [3.63, 3.8) is 0 Å². The molecule has 0 bridgehead atoms. The van der Waals surface area contributed by atoms with Gasteiger partial charge >= 0.3 is 0 Å². The zero-order valence-corrected chi connectivity index (χ0v) is 10.5. The van der Waals surface area contributed by atoms with Gasteiger partial charge in [0.05, 0.1) is 30.0 Å². The summed E-state index contributed by atoms with van der Waals surface area (Å²) in [5, 5.41) is 2.47. The molecule has 1 amide bonds. The topological polar surface area (TPSA) is 47.6 Å². The van der Waals surface area contributed by atoms with Crippen LogP contribution in [0.1, 0.15) is 0 Å². The number of carbonyl (C=O) groups excluding carboxylic acids is 1. The van der Waals surface area contributed by atoms with Crippen molar-refractivity contribution in [1.82, 2.24) is 0 Å². The van der Waals surface area contributed by atoms with E-state index in [9.17, 15) is 9.18 Å². The third kappa shape index (κ3) is 3.02. The number of hydrogen-bond donors (Lipinski definition) is 1. The minimum atomic E-state index is -0.679. The van der Waals surface area contributed by atoms with Crippen LogP contribution in [0, 0.1) is 5.82 Å². The lowest BCUT2D eigenvalue weighted by Crippen LogP contribution is -2.39. The summed E-state index contributed by atoms with van der Waals surface area (Å²) >= 11 is 3.05. The average Bonchev–Trinajstić information content (AvgIpc) is 2.36. The van der Waals surface area contributed by atoms with Crippen LogP contribution in [0.3, 0.4) is 0 Å². The van der Waals surface area contributed by atoms with Gasteiger partial charge in [-0.2, -0.15) is 0 Å². The molecule has 1 atom stereocenters. The van der Waals surface area contributed by atoms with Crippen LogP contribution >= 0.6 is 15.9 Å². The maximum absolute atomic E-state index is 13.6. The van der Waals surface area contributed by atoms with E-state index in [0.29, 0.717) is 17.7 Å². The summed E-state index contributed by atoms with van der Waals surface area (Å²) in [4.78, 5) is 11.7. The second kappa shape index (κ2) is 5.57. The molecule has 0 aromatic heterocycles. The number of halogens is 2. The standard InChI is InChI=1S/C11H11BrFNO3/c12-7-2-1-3-8(10(7)13)14-11(15)9-6-16-4-5-17-9/h1-3,9H,4-6H2,(H,14,15). The number of amides is 1. The summed E-state index contributed by atoms with van der Waals surface area (Å²) in [6.07, 6.45) is -0.679. The zero-order valence-electron chi connectivity index (χ0n) is 8.91. The molecule has 1 heterocycles. The molecule has 0 spiro atoms. The van der Waals surface area contributed by atoms with Gasteiger partial charge in [0.25, 0.3) is 5.91 Å². The van der Waals surface area contributed by atoms with Gasteiger partial charge in [-0.15, -0.1) is 0 Å². The van der Waals surface area contributed by atoms with Gasteiger partial charge in [0, 0.05) is 0 Å². The van der Waals surface area contributed by atoms with Crippen molar-refractivity contribution in [2.24, 2.45) is 0 Å². The van der Waals surface area contributed by atoms with E-state index in [1.807, 2.05) is 0 Å². The van der Waals surface area contributed by atoms with E-state index in [0.717, 1.165) is 0 Å². The van der Waals surface area contributed by atoms with E-state index in [4.69, 9.17) is 9.47 Å². The molecule has 1 aromatic carbocycles. The molecule has 2 rings (SSSR count). The SMILES string of the molecule is O=C(Nc1cccc(Br)c1F)C1COCCO1. The lowest BCUT2D eigenvalue weighted by Gasteiger charge is -2.22. The lowest BCUT2D eigenvalue weighted by atomic mass is 10.2. The Balaban J connectivity index is 2.04. The quantitative estimate of drug-likeness (QED) is 0.908. The van der Waals surface area contributed by atoms with Crippen molar-refractivity contribution >= 4 is 27.5 Å². The third-order valence-corrected chi connectivity index (χ3v) is 2.93. The van der Waals surface area contributed by atoms with Crippen molar-refractivity contribution in [2.75, 3.05) is 25.1 Å². The highest BCUT2D eigenvalue weighted by atomic mass is 79.9. The third-order valence-electron chi connectivity index (χ3n) is 2.32. The van der Waals surface area contributed by atoms with Gasteiger partial charge in [0.1, 0.15) is 0 Å². The minimum Gasteiger partial charge on any atom is -0.376 e. The van der Waals surface area contributed by atoms with Gasteiger partial charge in [0.15, 0.2) is 11.9 Å². The molecular weight excluding hydrogens is 293 g/mol. The molecule has 1 unspecified atom stereocenters. The molecule has 1 aromatic rings. The summed E-state index contributed by atoms with van der Waals surface area (Å²) in [7, 11) is 0. The second-order valence-corrected chi connectivity index (χ2v) is 4.38. The van der Waals surface area contributed by atoms with E-state index in [1.165, 1.54) is 6.07 Å². The van der Waals surface area contributed by atoms with E-state index in [-0.39, 0.29) is 12.3 Å². The highest BCUT2D eigenvalue weighted by Gasteiger charge is 2.23. The number of rotatable bonds is 2. The highest BCUT2D eigenvalue weighted by molar-refractivity contribution is 9.10. The summed E-state index contributed by atoms with van der Waals surface area (Å²) in [6.45, 7) is 1.05. The van der Waals surface area contributed by atoms with Crippen LogP contribution in [0.15, 0.2) is 22.7 Å². The molecule has 0 radical (unpaired) electrons. The lowest BCUT2D eigenvalue weighted by molar-refractivity contribution is -0.142. The molecular formula is C11H11BrFNO3. The Kier molecular flexibility index (Phi) is 4.09. The summed E-state index contributed by atoms with van der Waals surface area (Å²) in [5.74, 6) is -0.903. The average molecular weight is 304 g/mol. The zero-order chi connectivity index (χ0) is 12.3. The number of carbonyl (C=O) groups is 1. The van der Waals surface area contributed by atoms with Gasteiger partial charge in [-0.25, -0.2) is 4.39 Å². The molecule has 1 aliphatic heterocycles. The molecule has 17 heavy (non-hydrogen) atoms. The van der Waals surface area contributed by atoms with Crippen LogP contribution in [-0.2, 0) is 14.3 Å². The highest BCUT2D eigenvalue weighted by Crippen LogP contribution is 2.22. The number of ether oxygens (including phenoxy) is 2. The van der Waals surface area contributed by atoms with Crippen molar-refractivity contribution in [2.45, 2.75) is 6.10 Å². The van der Waals surface area contributed by atoms with Crippen LogP contribution < -0.4 is 5.32 Å². The van der Waals surface area contributed by atoms with Crippen LogP contribution in [0.5, 0.6) is 0 Å². The predicted molar refractivity (Wildman–Crippen MR) is 63.3 cm³/mol. The fourth-order valence-electron chi connectivity index (χ4n) is 1.45. The Hall–Kier alpha value is -0.980. The normalized spacial score (nSPS) is 20.0. The number of nitrogens with one attached hydrogen (secondary N) is 1. The monoisotopic (exact) mass is 303 g/mol. The summed E-state index contributed by atoms with van der Waals surface area (Å²) in [6, 6.07) is 4.69. The molecule has 92 valence electrons. The molecule has 1 fully saturated rings. The molecule has 4 nitrogen and oxygen atoms in total. The van der Waals surface area contributed by atoms with Crippen molar-refractivity contribution < 1.29 is 18.7 Å². The summed E-state index contributed by atoms with van der Waals surface area (Å²) in [5.41, 5.74) is 0.124. The number of anilines is 1. The first-order valence-corrected chi connectivity index (χ1v) is 5.92. The fraction of sp³-hybridized carbons (Fsp3) is 0.364. The van der Waals surface area contributed by atoms with Gasteiger partial charge in [-0.05, 0) is 28.1 Å². The maximum Gasteiger partial charge on any atom is 0.255 e. The fourth-order valence-corrected chi connectivity index (χ4v) is 1.82. The molecule has 1 N–H and O–H groups in total. The van der Waals surface area contributed by atoms with Crippen LogP contribution in [0.25, 0.3) is 0 Å². The van der Waals surface area contributed by atoms with Crippen LogP contribution in [-0.4, -0.2) is 31.8 Å². The Labute approximate surface area is 106 Å². The molecule has 6 heteroatoms. The van der Waals surface area contributed by atoms with Gasteiger partial charge in [-0.1, -0.05) is 6.07 Å². The minimum absolute atomic E-state index is 0.124. The van der Waals surface area contributed by atoms with Gasteiger partial charge < -0.3 is 14.8 Å². The first kappa shape index (κ1) is 12.5. The molecule has 0 saturated carbocycles. The Morgan fingerprint density at radius 3 is 3.00 bits per heavy atom. The van der Waals surface area contributed by atoms with Crippen LogP contribution in [0.2, 0.25) is 0 Å². The number of benzene rings is 1. The summed E-state index contributed by atoms with van der Waals surface area (Å²) < 4.78 is 24.2. The first-order chi connectivity index (χ1) is 8.18. The van der Waals surface area contributed by atoms with Crippen molar-refractivity contribution in [3.8, 4) is 0 Å². The van der Waals surface area contributed by atoms with E-state index in [1.54, 1.807) is 12.1 Å². The van der Waals surface area contributed by atoms with Crippen molar-refractivity contribution in [3.05, 3.63) is 28.5 Å². The largest absolute Gasteiger partial charge is 0.376 e. The smallest absolute Gasteiger partial charge is 0.255 e. The molecule has 1 saturated heterocycles. The molecule has 0 aliphatic carbocycles. The predicted octanol–water partition coefficient (Wildman–Crippen LogP) is 1.94. The second-order valence-electron chi connectivity index (χ2n) is 3.52. The number of hydrogen-bond acceptors (Lipinski definition) is 3. The van der Waals surface area contributed by atoms with Gasteiger partial charge in [0.2, 0.25) is 0 Å². The van der Waals surface area contributed by atoms with Crippen molar-refractivity contribution in [1.29, 1.82) is 0 Å². The van der Waals surface area contributed by atoms with E-state index >= 15 is 0 Å². The Morgan fingerprint density at radius 1 is 1.47 bits per heavy atom. The van der Waals surface area contributed by atoms with Crippen LogP contribution in [0.4, 0.5) is 10.1 Å². The van der Waals surface area contributed by atoms with E-state index < -0.39 is 17.8 Å². The Bertz CT molecular complexity index is 421. The first-order valence-electron chi connectivity index (χ1n) is 5.12. The molecule has 1 aliphatic rings. The van der Waals surface area contributed by atoms with E-state index in [2.05, 4.69) is 21.2 Å². The van der Waals surface area contributed by atoms with Gasteiger partial charge in [-0.3, -0.25) is 4.79 Å².